The Morgan fingerprint density at radius 2 is 1.81 bits per heavy atom. The zero-order valence-electron chi connectivity index (χ0n) is 19.2. The number of nitrogens with two attached hydrogens (primary N) is 1. The largest absolute Gasteiger partial charge is 0.384 e. The lowest BCUT2D eigenvalue weighted by Gasteiger charge is -2.33. The molecule has 1 aliphatic rings. The fraction of sp³-hybridized carbons (Fsp3) is 0.480. The molecule has 1 fully saturated rings. The molecular weight excluding hydrogens is 384 g/mol. The first-order chi connectivity index (χ1) is 15.0. The number of nitrogen functional groups attached to an aromatic ring is 1. The van der Waals surface area contributed by atoms with E-state index in [-0.39, 0.29) is 0 Å². The number of rotatable bonds is 6. The van der Waals surface area contributed by atoms with E-state index in [4.69, 9.17) is 10.7 Å². The number of nitrogens with zero attached hydrogens (tertiary/aromatic N) is 4. The van der Waals surface area contributed by atoms with Crippen molar-refractivity contribution in [2.24, 2.45) is 0 Å². The van der Waals surface area contributed by atoms with Gasteiger partial charge in [-0.1, -0.05) is 13.8 Å². The molecule has 6 nitrogen and oxygen atoms in total. The van der Waals surface area contributed by atoms with Crippen LogP contribution in [0.4, 0.5) is 11.8 Å². The topological polar surface area (TPSA) is 80.0 Å². The maximum Gasteiger partial charge on any atom is 0.223 e. The van der Waals surface area contributed by atoms with Gasteiger partial charge in [0.1, 0.15) is 5.82 Å². The molecule has 0 radical (unpaired) electrons. The maximum atomic E-state index is 5.90. The number of pyridine rings is 1. The third-order valence-corrected chi connectivity index (χ3v) is 6.54. The molecule has 1 aromatic carbocycles. The summed E-state index contributed by atoms with van der Waals surface area (Å²) in [7, 11) is 4.35. The summed E-state index contributed by atoms with van der Waals surface area (Å²) in [6.07, 6.45) is 8.47. The van der Waals surface area contributed by atoms with Crippen molar-refractivity contribution in [1.82, 2.24) is 19.9 Å². The highest BCUT2D eigenvalue weighted by Crippen LogP contribution is 2.30. The molecule has 6 heteroatoms. The maximum absolute atomic E-state index is 5.90. The number of aryl methyl sites for hydroxylation is 2. The van der Waals surface area contributed by atoms with Gasteiger partial charge in [0, 0.05) is 29.2 Å². The number of benzene rings is 1. The van der Waals surface area contributed by atoms with Gasteiger partial charge in [0.25, 0.3) is 0 Å². The highest BCUT2D eigenvalue weighted by molar-refractivity contribution is 5.88. The minimum atomic E-state index is 0.450. The lowest BCUT2D eigenvalue weighted by Crippen LogP contribution is -2.36. The van der Waals surface area contributed by atoms with Crippen LogP contribution in [0.25, 0.3) is 22.0 Å². The van der Waals surface area contributed by atoms with Gasteiger partial charge >= 0.3 is 0 Å². The van der Waals surface area contributed by atoms with Crippen LogP contribution in [0.15, 0.2) is 30.5 Å². The third kappa shape index (κ3) is 4.64. The normalized spacial score (nSPS) is 19.1. The number of hydrogen-bond donors (Lipinski definition) is 2. The van der Waals surface area contributed by atoms with Crippen molar-refractivity contribution < 1.29 is 0 Å². The molecule has 164 valence electrons. The van der Waals surface area contributed by atoms with Crippen molar-refractivity contribution in [2.75, 3.05) is 25.1 Å². The van der Waals surface area contributed by atoms with Crippen LogP contribution in [-0.4, -0.2) is 46.0 Å². The summed E-state index contributed by atoms with van der Waals surface area (Å²) in [6, 6.07) is 9.50. The highest BCUT2D eigenvalue weighted by atomic mass is 15.1. The van der Waals surface area contributed by atoms with Gasteiger partial charge in [-0.2, -0.15) is 0 Å². The molecule has 1 aliphatic carbocycles. The fourth-order valence-corrected chi connectivity index (χ4v) is 4.68. The predicted molar refractivity (Wildman–Crippen MR) is 129 cm³/mol. The summed E-state index contributed by atoms with van der Waals surface area (Å²) in [5.41, 5.74) is 11.5. The van der Waals surface area contributed by atoms with Crippen molar-refractivity contribution in [1.29, 1.82) is 0 Å². The standard InChI is InChI=1S/C25H34N6/c1-5-16-13-17(21-11-12-23(26)29-22(21)6-2)14-18-15-27-25(30-24(16)18)28-19-7-9-20(10-8-19)31(3)4/h11-15,19-20H,5-10H2,1-4H3,(H2,26,29)(H,27,28,30)/t19-,20-. The molecule has 0 bridgehead atoms. The molecule has 0 saturated heterocycles. The van der Waals surface area contributed by atoms with E-state index < -0.39 is 0 Å². The van der Waals surface area contributed by atoms with Gasteiger partial charge in [0.05, 0.1) is 11.2 Å². The number of anilines is 2. The first kappa shape index (κ1) is 21.5. The summed E-state index contributed by atoms with van der Waals surface area (Å²) in [5.74, 6) is 1.31. The molecule has 0 atom stereocenters. The molecule has 0 aliphatic heterocycles. The molecular formula is C25H34N6. The van der Waals surface area contributed by atoms with Crippen LogP contribution in [-0.2, 0) is 12.8 Å². The molecule has 0 spiro atoms. The van der Waals surface area contributed by atoms with Crippen molar-refractivity contribution in [3.05, 3.63) is 41.7 Å². The van der Waals surface area contributed by atoms with Gasteiger partial charge < -0.3 is 16.0 Å². The molecule has 3 N–H and O–H groups in total. The lowest BCUT2D eigenvalue weighted by molar-refractivity contribution is 0.221. The Morgan fingerprint density at radius 3 is 2.48 bits per heavy atom. The molecule has 0 amide bonds. The highest BCUT2D eigenvalue weighted by Gasteiger charge is 2.23. The van der Waals surface area contributed by atoms with E-state index in [0.29, 0.717) is 17.9 Å². The number of hydrogen-bond acceptors (Lipinski definition) is 6. The Morgan fingerprint density at radius 1 is 1.03 bits per heavy atom. The zero-order valence-corrected chi connectivity index (χ0v) is 19.2. The minimum Gasteiger partial charge on any atom is -0.384 e. The Labute approximate surface area is 185 Å². The predicted octanol–water partition coefficient (Wildman–Crippen LogP) is 4.68. The van der Waals surface area contributed by atoms with E-state index in [1.165, 1.54) is 18.4 Å². The summed E-state index contributed by atoms with van der Waals surface area (Å²) in [4.78, 5) is 16.4. The van der Waals surface area contributed by atoms with Crippen molar-refractivity contribution >= 4 is 22.7 Å². The van der Waals surface area contributed by atoms with E-state index in [1.807, 2.05) is 12.3 Å². The first-order valence-corrected chi connectivity index (χ1v) is 11.5. The van der Waals surface area contributed by atoms with Gasteiger partial charge in [-0.05, 0) is 88.0 Å². The fourth-order valence-electron chi connectivity index (χ4n) is 4.68. The van der Waals surface area contributed by atoms with Crippen LogP contribution in [0.2, 0.25) is 0 Å². The monoisotopic (exact) mass is 418 g/mol. The average Bonchev–Trinajstić information content (AvgIpc) is 2.78. The molecule has 4 rings (SSSR count). The molecule has 1 saturated carbocycles. The summed E-state index contributed by atoms with van der Waals surface area (Å²) >= 11 is 0. The number of aromatic nitrogens is 3. The van der Waals surface area contributed by atoms with Gasteiger partial charge in [0.2, 0.25) is 5.95 Å². The Kier molecular flexibility index (Phi) is 6.37. The SMILES string of the molecule is CCc1nc(N)ccc1-c1cc(CC)c2nc(N[C@H]3CC[C@H](N(C)C)CC3)ncc2c1. The van der Waals surface area contributed by atoms with Crippen LogP contribution in [0.3, 0.4) is 0 Å². The van der Waals surface area contributed by atoms with Crippen LogP contribution >= 0.6 is 0 Å². The minimum absolute atomic E-state index is 0.450. The van der Waals surface area contributed by atoms with Gasteiger partial charge in [-0.15, -0.1) is 0 Å². The van der Waals surface area contributed by atoms with E-state index in [0.717, 1.165) is 59.4 Å². The van der Waals surface area contributed by atoms with Gasteiger partial charge in [-0.25, -0.2) is 15.0 Å². The van der Waals surface area contributed by atoms with Crippen molar-refractivity contribution in [3.8, 4) is 11.1 Å². The van der Waals surface area contributed by atoms with E-state index in [9.17, 15) is 0 Å². The molecule has 3 aromatic rings. The van der Waals surface area contributed by atoms with Crippen LogP contribution in [0.5, 0.6) is 0 Å². The van der Waals surface area contributed by atoms with E-state index in [1.54, 1.807) is 0 Å². The smallest absolute Gasteiger partial charge is 0.223 e. The average molecular weight is 419 g/mol. The Bertz CT molecular complexity index is 1050. The second kappa shape index (κ2) is 9.18. The van der Waals surface area contributed by atoms with Crippen LogP contribution in [0, 0.1) is 0 Å². The van der Waals surface area contributed by atoms with E-state index in [2.05, 4.69) is 66.3 Å². The van der Waals surface area contributed by atoms with Crippen molar-refractivity contribution in [3.63, 3.8) is 0 Å². The zero-order chi connectivity index (χ0) is 22.0. The number of nitrogens with one attached hydrogen (secondary N) is 1. The molecule has 0 unspecified atom stereocenters. The number of fused-ring (bicyclic) bond motifs is 1. The Balaban J connectivity index is 1.61. The molecule has 31 heavy (non-hydrogen) atoms. The lowest BCUT2D eigenvalue weighted by atomic mass is 9.90. The van der Waals surface area contributed by atoms with Crippen molar-refractivity contribution in [2.45, 2.75) is 64.5 Å². The van der Waals surface area contributed by atoms with Crippen LogP contribution in [0.1, 0.15) is 50.8 Å². The second-order valence-corrected chi connectivity index (χ2v) is 8.82. The molecule has 2 heterocycles. The van der Waals surface area contributed by atoms with Gasteiger partial charge in [0.15, 0.2) is 0 Å². The third-order valence-electron chi connectivity index (χ3n) is 6.54. The summed E-state index contributed by atoms with van der Waals surface area (Å²) < 4.78 is 0. The quantitative estimate of drug-likeness (QED) is 0.605. The summed E-state index contributed by atoms with van der Waals surface area (Å²) in [6.45, 7) is 4.29. The second-order valence-electron chi connectivity index (χ2n) is 8.82. The van der Waals surface area contributed by atoms with E-state index >= 15 is 0 Å². The van der Waals surface area contributed by atoms with Gasteiger partial charge in [-0.3, -0.25) is 0 Å². The first-order valence-electron chi connectivity index (χ1n) is 11.5. The molecule has 2 aromatic heterocycles. The van der Waals surface area contributed by atoms with Crippen LogP contribution < -0.4 is 11.1 Å². The Hall–Kier alpha value is -2.73. The summed E-state index contributed by atoms with van der Waals surface area (Å²) in [5, 5.41) is 4.65.